The molecule has 8 nitrogen and oxygen atoms in total. The van der Waals surface area contributed by atoms with Gasteiger partial charge in [-0.05, 0) is 43.4 Å². The summed E-state index contributed by atoms with van der Waals surface area (Å²) in [7, 11) is -3.79. The van der Waals surface area contributed by atoms with Crippen LogP contribution >= 0.6 is 0 Å². The average Bonchev–Trinajstić information content (AvgIpc) is 3.16. The summed E-state index contributed by atoms with van der Waals surface area (Å²) in [6.45, 7) is 1.05. The lowest BCUT2D eigenvalue weighted by atomic mass is 9.99. The molecular weight excluding hydrogens is 418 g/mol. The molecule has 1 aromatic heterocycles. The van der Waals surface area contributed by atoms with Gasteiger partial charge in [0, 0.05) is 25.7 Å². The molecule has 1 saturated heterocycles. The Morgan fingerprint density at radius 1 is 1.19 bits per heavy atom. The Hall–Kier alpha value is -2.91. The standard InChI is InChI=1S/C22H25N3O5S/c26-21(23-12-4-8-16-6-2-1-3-7-16)17-9-5-13-25(15-17)31(28,29)18-10-11-19-20(14-18)30-22(27)24-19/h1-3,6-7,10-11,14,17H,4-5,8-9,12-13,15H2,(H,23,26)(H,24,27). The molecule has 0 spiro atoms. The third kappa shape index (κ3) is 4.88. The number of nitrogens with zero attached hydrogens (tertiary/aromatic N) is 1. The topological polar surface area (TPSA) is 112 Å². The van der Waals surface area contributed by atoms with Crippen LogP contribution in [0.3, 0.4) is 0 Å². The molecule has 2 N–H and O–H groups in total. The van der Waals surface area contributed by atoms with Gasteiger partial charge in [-0.25, -0.2) is 13.2 Å². The SMILES string of the molecule is O=C(NCCCc1ccccc1)C1CCCN(S(=O)(=O)c2ccc3[nH]c(=O)oc3c2)C1. The maximum atomic E-state index is 13.1. The van der Waals surface area contributed by atoms with E-state index in [2.05, 4.69) is 22.4 Å². The molecular formula is C22H25N3O5S. The summed E-state index contributed by atoms with van der Waals surface area (Å²) in [6, 6.07) is 14.4. The molecule has 3 aromatic rings. The minimum absolute atomic E-state index is 0.0478. The van der Waals surface area contributed by atoms with Crippen LogP contribution in [0.1, 0.15) is 24.8 Å². The fourth-order valence-electron chi connectivity index (χ4n) is 3.90. The quantitative estimate of drug-likeness (QED) is 0.544. The number of rotatable bonds is 7. The fourth-order valence-corrected chi connectivity index (χ4v) is 5.44. The smallest absolute Gasteiger partial charge is 0.408 e. The van der Waals surface area contributed by atoms with E-state index in [0.717, 1.165) is 12.8 Å². The van der Waals surface area contributed by atoms with E-state index in [1.54, 1.807) is 0 Å². The minimum Gasteiger partial charge on any atom is -0.408 e. The van der Waals surface area contributed by atoms with Crippen molar-refractivity contribution in [1.29, 1.82) is 0 Å². The molecule has 0 radical (unpaired) electrons. The van der Waals surface area contributed by atoms with Gasteiger partial charge in [-0.2, -0.15) is 4.31 Å². The second kappa shape index (κ2) is 9.07. The zero-order valence-electron chi connectivity index (χ0n) is 17.0. The van der Waals surface area contributed by atoms with Crippen molar-refractivity contribution >= 4 is 27.0 Å². The van der Waals surface area contributed by atoms with Crippen molar-refractivity contribution < 1.29 is 17.6 Å². The van der Waals surface area contributed by atoms with Crippen molar-refractivity contribution in [2.24, 2.45) is 5.92 Å². The Morgan fingerprint density at radius 3 is 2.81 bits per heavy atom. The van der Waals surface area contributed by atoms with Crippen LogP contribution < -0.4 is 11.1 Å². The minimum atomic E-state index is -3.79. The number of nitrogens with one attached hydrogen (secondary N) is 2. The Morgan fingerprint density at radius 2 is 2.00 bits per heavy atom. The summed E-state index contributed by atoms with van der Waals surface area (Å²) in [6.07, 6.45) is 2.97. The van der Waals surface area contributed by atoms with Crippen LogP contribution in [0.5, 0.6) is 0 Å². The summed E-state index contributed by atoms with van der Waals surface area (Å²) in [5.74, 6) is -1.12. The van der Waals surface area contributed by atoms with Crippen LogP contribution in [0.25, 0.3) is 11.1 Å². The van der Waals surface area contributed by atoms with Gasteiger partial charge in [0.2, 0.25) is 15.9 Å². The van der Waals surface area contributed by atoms with Crippen LogP contribution in [0.4, 0.5) is 0 Å². The molecule has 1 amide bonds. The molecule has 31 heavy (non-hydrogen) atoms. The number of carbonyl (C=O) groups excluding carboxylic acids is 1. The predicted molar refractivity (Wildman–Crippen MR) is 116 cm³/mol. The maximum absolute atomic E-state index is 13.1. The number of piperidine rings is 1. The van der Waals surface area contributed by atoms with Crippen LogP contribution in [-0.2, 0) is 21.2 Å². The van der Waals surface area contributed by atoms with E-state index in [0.29, 0.717) is 31.4 Å². The molecule has 2 heterocycles. The first-order valence-corrected chi connectivity index (χ1v) is 11.8. The van der Waals surface area contributed by atoms with E-state index in [4.69, 9.17) is 4.42 Å². The number of hydrogen-bond donors (Lipinski definition) is 2. The fraction of sp³-hybridized carbons (Fsp3) is 0.364. The van der Waals surface area contributed by atoms with Crippen LogP contribution in [0.2, 0.25) is 0 Å². The second-order valence-electron chi connectivity index (χ2n) is 7.75. The Balaban J connectivity index is 1.36. The number of H-pyrrole nitrogens is 1. The molecule has 1 atom stereocenters. The third-order valence-electron chi connectivity index (χ3n) is 5.57. The van der Waals surface area contributed by atoms with Crippen molar-refractivity contribution in [3.8, 4) is 0 Å². The van der Waals surface area contributed by atoms with Crippen molar-refractivity contribution in [3.05, 3.63) is 64.6 Å². The van der Waals surface area contributed by atoms with Gasteiger partial charge in [0.1, 0.15) is 0 Å². The van der Waals surface area contributed by atoms with Gasteiger partial charge < -0.3 is 9.73 Å². The van der Waals surface area contributed by atoms with Gasteiger partial charge in [-0.1, -0.05) is 30.3 Å². The first kappa shape index (κ1) is 21.3. The van der Waals surface area contributed by atoms with Gasteiger partial charge in [0.15, 0.2) is 5.58 Å². The van der Waals surface area contributed by atoms with E-state index in [-0.39, 0.29) is 28.8 Å². The van der Waals surface area contributed by atoms with Crippen LogP contribution in [0, 0.1) is 5.92 Å². The number of oxazole rings is 1. The maximum Gasteiger partial charge on any atom is 0.417 e. The molecule has 4 rings (SSSR count). The van der Waals surface area contributed by atoms with E-state index in [1.807, 2.05) is 18.2 Å². The van der Waals surface area contributed by atoms with E-state index >= 15 is 0 Å². The third-order valence-corrected chi connectivity index (χ3v) is 7.43. The van der Waals surface area contributed by atoms with Gasteiger partial charge in [-0.15, -0.1) is 0 Å². The first-order chi connectivity index (χ1) is 14.9. The number of aromatic nitrogens is 1. The summed E-state index contributed by atoms with van der Waals surface area (Å²) >= 11 is 0. The number of amides is 1. The average molecular weight is 444 g/mol. The lowest BCUT2D eigenvalue weighted by Gasteiger charge is -2.31. The highest BCUT2D eigenvalue weighted by atomic mass is 32.2. The molecule has 1 aliphatic rings. The van der Waals surface area contributed by atoms with E-state index in [9.17, 15) is 18.0 Å². The van der Waals surface area contributed by atoms with E-state index < -0.39 is 15.8 Å². The molecule has 0 aliphatic carbocycles. The molecule has 0 saturated carbocycles. The zero-order valence-corrected chi connectivity index (χ0v) is 17.9. The van der Waals surface area contributed by atoms with Crippen molar-refractivity contribution in [2.75, 3.05) is 19.6 Å². The highest BCUT2D eigenvalue weighted by molar-refractivity contribution is 7.89. The number of fused-ring (bicyclic) bond motifs is 1. The van der Waals surface area contributed by atoms with Crippen LogP contribution in [-0.4, -0.2) is 43.2 Å². The normalized spacial score (nSPS) is 17.6. The van der Waals surface area contributed by atoms with Gasteiger partial charge in [0.25, 0.3) is 0 Å². The molecule has 1 unspecified atom stereocenters. The first-order valence-electron chi connectivity index (χ1n) is 10.4. The monoisotopic (exact) mass is 443 g/mol. The summed E-state index contributed by atoms with van der Waals surface area (Å²) < 4.78 is 32.5. The molecule has 1 fully saturated rings. The molecule has 1 aliphatic heterocycles. The molecule has 9 heteroatoms. The molecule has 164 valence electrons. The van der Waals surface area contributed by atoms with E-state index in [1.165, 1.54) is 28.1 Å². The number of aromatic amines is 1. The Kier molecular flexibility index (Phi) is 6.24. The number of carbonyl (C=O) groups is 1. The summed E-state index contributed by atoms with van der Waals surface area (Å²) in [5, 5.41) is 2.95. The molecule has 0 bridgehead atoms. The van der Waals surface area contributed by atoms with Crippen molar-refractivity contribution in [3.63, 3.8) is 0 Å². The number of aryl methyl sites for hydroxylation is 1. The number of sulfonamides is 1. The Labute approximate surface area is 180 Å². The van der Waals surface area contributed by atoms with Gasteiger partial charge in [-0.3, -0.25) is 9.78 Å². The lowest BCUT2D eigenvalue weighted by molar-refractivity contribution is -0.126. The summed E-state index contributed by atoms with van der Waals surface area (Å²) in [5.41, 5.74) is 1.85. The van der Waals surface area contributed by atoms with Gasteiger partial charge >= 0.3 is 5.76 Å². The zero-order chi connectivity index (χ0) is 21.8. The van der Waals surface area contributed by atoms with Crippen molar-refractivity contribution in [2.45, 2.75) is 30.6 Å². The van der Waals surface area contributed by atoms with Crippen molar-refractivity contribution in [1.82, 2.24) is 14.6 Å². The van der Waals surface area contributed by atoms with Crippen LogP contribution in [0.15, 0.2) is 62.6 Å². The lowest BCUT2D eigenvalue weighted by Crippen LogP contribution is -2.45. The molecule has 2 aromatic carbocycles. The number of hydrogen-bond acceptors (Lipinski definition) is 5. The largest absolute Gasteiger partial charge is 0.417 e. The highest BCUT2D eigenvalue weighted by Gasteiger charge is 2.33. The number of benzene rings is 2. The Bertz CT molecular complexity index is 1220. The van der Waals surface area contributed by atoms with Gasteiger partial charge in [0.05, 0.1) is 16.3 Å². The summed E-state index contributed by atoms with van der Waals surface area (Å²) in [4.78, 5) is 26.5. The predicted octanol–water partition coefficient (Wildman–Crippen LogP) is 2.27. The highest BCUT2D eigenvalue weighted by Crippen LogP contribution is 2.25. The second-order valence-corrected chi connectivity index (χ2v) is 9.69.